The van der Waals surface area contributed by atoms with E-state index in [0.29, 0.717) is 18.0 Å². The molecule has 1 aromatic heterocycles. The van der Waals surface area contributed by atoms with E-state index in [0.717, 1.165) is 18.5 Å². The highest BCUT2D eigenvalue weighted by molar-refractivity contribution is 7.89. The van der Waals surface area contributed by atoms with Crippen LogP contribution in [0.4, 0.5) is 0 Å². The standard InChI is InChI=1S/C19H20ClN3O2S/c20-18-5-7-19(8-6-18)26(24,25)22-11-9-16-1-3-17(4-2-16)10-13-23-14-12-21-15-23/h1-8,12,14-15,22H,9-11,13H2. The average molecular weight is 390 g/mol. The third kappa shape index (κ3) is 5.17. The van der Waals surface area contributed by atoms with Crippen molar-refractivity contribution in [1.82, 2.24) is 14.3 Å². The second kappa shape index (κ2) is 8.49. The smallest absolute Gasteiger partial charge is 0.240 e. The molecule has 3 rings (SSSR count). The van der Waals surface area contributed by atoms with Gasteiger partial charge in [0.25, 0.3) is 0 Å². The van der Waals surface area contributed by atoms with E-state index in [1.165, 1.54) is 17.7 Å². The zero-order chi connectivity index (χ0) is 18.4. The van der Waals surface area contributed by atoms with Crippen LogP contribution in [0.15, 0.2) is 72.1 Å². The lowest BCUT2D eigenvalue weighted by atomic mass is 10.1. The lowest BCUT2D eigenvalue weighted by Crippen LogP contribution is -2.25. The van der Waals surface area contributed by atoms with E-state index in [9.17, 15) is 8.42 Å². The van der Waals surface area contributed by atoms with Crippen molar-refractivity contribution in [2.75, 3.05) is 6.54 Å². The van der Waals surface area contributed by atoms with Crippen LogP contribution in [0.5, 0.6) is 0 Å². The summed E-state index contributed by atoms with van der Waals surface area (Å²) in [5, 5.41) is 0.511. The van der Waals surface area contributed by atoms with Crippen LogP contribution in [0.3, 0.4) is 0 Å². The fraction of sp³-hybridized carbons (Fsp3) is 0.211. The zero-order valence-electron chi connectivity index (χ0n) is 14.2. The zero-order valence-corrected chi connectivity index (χ0v) is 15.7. The van der Waals surface area contributed by atoms with Crippen molar-refractivity contribution in [3.05, 3.63) is 83.4 Å². The number of halogens is 1. The summed E-state index contributed by atoms with van der Waals surface area (Å²) in [6.45, 7) is 1.24. The third-order valence-corrected chi connectivity index (χ3v) is 5.80. The van der Waals surface area contributed by atoms with Gasteiger partial charge in [0.15, 0.2) is 0 Å². The first kappa shape index (κ1) is 18.6. The molecule has 7 heteroatoms. The molecule has 0 spiro atoms. The Bertz CT molecular complexity index is 922. The van der Waals surface area contributed by atoms with Gasteiger partial charge in [-0.05, 0) is 48.2 Å². The Morgan fingerprint density at radius 1 is 0.962 bits per heavy atom. The largest absolute Gasteiger partial charge is 0.337 e. The minimum atomic E-state index is -3.51. The van der Waals surface area contributed by atoms with E-state index in [2.05, 4.69) is 21.8 Å². The van der Waals surface area contributed by atoms with Crippen LogP contribution in [-0.2, 0) is 29.4 Å². The number of imidazole rings is 1. The molecule has 136 valence electrons. The van der Waals surface area contributed by atoms with Crippen molar-refractivity contribution >= 4 is 21.6 Å². The third-order valence-electron chi connectivity index (χ3n) is 4.07. The first-order chi connectivity index (χ1) is 12.5. The van der Waals surface area contributed by atoms with E-state index in [1.54, 1.807) is 24.7 Å². The van der Waals surface area contributed by atoms with Crippen molar-refractivity contribution in [1.29, 1.82) is 0 Å². The number of benzene rings is 2. The van der Waals surface area contributed by atoms with Crippen LogP contribution in [0, 0.1) is 0 Å². The summed E-state index contributed by atoms with van der Waals surface area (Å²) in [6, 6.07) is 14.4. The molecule has 0 bridgehead atoms. The normalized spacial score (nSPS) is 11.6. The summed E-state index contributed by atoms with van der Waals surface area (Å²) >= 11 is 5.79. The number of rotatable bonds is 8. The Labute approximate surface area is 158 Å². The molecule has 0 aliphatic rings. The second-order valence-electron chi connectivity index (χ2n) is 5.97. The van der Waals surface area contributed by atoms with Gasteiger partial charge < -0.3 is 4.57 Å². The predicted octanol–water partition coefficient (Wildman–Crippen LogP) is 3.30. The fourth-order valence-corrected chi connectivity index (χ4v) is 3.73. The number of hydrogen-bond acceptors (Lipinski definition) is 3. The summed E-state index contributed by atoms with van der Waals surface area (Å²) in [4.78, 5) is 4.25. The number of nitrogens with one attached hydrogen (secondary N) is 1. The van der Waals surface area contributed by atoms with Gasteiger partial charge in [-0.3, -0.25) is 0 Å². The van der Waals surface area contributed by atoms with Crippen LogP contribution in [0.1, 0.15) is 11.1 Å². The molecule has 3 aromatic rings. The van der Waals surface area contributed by atoms with Crippen molar-refractivity contribution < 1.29 is 8.42 Å². The van der Waals surface area contributed by atoms with Crippen LogP contribution < -0.4 is 4.72 Å². The van der Waals surface area contributed by atoms with E-state index in [-0.39, 0.29) is 4.90 Å². The number of aromatic nitrogens is 2. The summed E-state index contributed by atoms with van der Waals surface area (Å²) in [5.41, 5.74) is 2.33. The van der Waals surface area contributed by atoms with Gasteiger partial charge in [0.05, 0.1) is 11.2 Å². The molecule has 0 aliphatic carbocycles. The molecule has 0 aliphatic heterocycles. The van der Waals surface area contributed by atoms with E-state index in [4.69, 9.17) is 11.6 Å². The number of aryl methyl sites for hydroxylation is 2. The maximum Gasteiger partial charge on any atom is 0.240 e. The molecule has 0 fully saturated rings. The molecule has 26 heavy (non-hydrogen) atoms. The Hall–Kier alpha value is -2.15. The topological polar surface area (TPSA) is 64.0 Å². The monoisotopic (exact) mass is 389 g/mol. The molecule has 2 aromatic carbocycles. The lowest BCUT2D eigenvalue weighted by molar-refractivity contribution is 0.581. The Morgan fingerprint density at radius 2 is 1.62 bits per heavy atom. The van der Waals surface area contributed by atoms with Gasteiger partial charge in [-0.2, -0.15) is 0 Å². The van der Waals surface area contributed by atoms with E-state index >= 15 is 0 Å². The van der Waals surface area contributed by atoms with Gasteiger partial charge in [-0.25, -0.2) is 18.1 Å². The first-order valence-electron chi connectivity index (χ1n) is 8.32. The van der Waals surface area contributed by atoms with Gasteiger partial charge in [0, 0.05) is 30.5 Å². The minimum Gasteiger partial charge on any atom is -0.337 e. The summed E-state index contributed by atoms with van der Waals surface area (Å²) in [6.07, 6.45) is 7.09. The number of sulfonamides is 1. The number of nitrogens with zero attached hydrogens (tertiary/aromatic N) is 2. The molecule has 0 saturated carbocycles. The molecular weight excluding hydrogens is 370 g/mol. The van der Waals surface area contributed by atoms with Crippen molar-refractivity contribution in [2.24, 2.45) is 0 Å². The Morgan fingerprint density at radius 3 is 2.23 bits per heavy atom. The average Bonchev–Trinajstić information content (AvgIpc) is 3.15. The molecule has 0 amide bonds. The minimum absolute atomic E-state index is 0.219. The highest BCUT2D eigenvalue weighted by Crippen LogP contribution is 2.14. The van der Waals surface area contributed by atoms with E-state index < -0.39 is 10.0 Å². The Balaban J connectivity index is 1.49. The molecule has 1 heterocycles. The van der Waals surface area contributed by atoms with Gasteiger partial charge in [0.1, 0.15) is 0 Å². The van der Waals surface area contributed by atoms with E-state index in [1.807, 2.05) is 22.9 Å². The number of hydrogen-bond donors (Lipinski definition) is 1. The molecule has 0 radical (unpaired) electrons. The fourth-order valence-electron chi connectivity index (χ4n) is 2.58. The SMILES string of the molecule is O=S(=O)(NCCc1ccc(CCn2ccnc2)cc1)c1ccc(Cl)cc1. The summed E-state index contributed by atoms with van der Waals surface area (Å²) in [7, 11) is -3.51. The molecule has 5 nitrogen and oxygen atoms in total. The summed E-state index contributed by atoms with van der Waals surface area (Å²) in [5.74, 6) is 0. The van der Waals surface area contributed by atoms with Crippen LogP contribution in [0.25, 0.3) is 0 Å². The quantitative estimate of drug-likeness (QED) is 0.642. The highest BCUT2D eigenvalue weighted by Gasteiger charge is 2.12. The van der Waals surface area contributed by atoms with Crippen molar-refractivity contribution in [3.63, 3.8) is 0 Å². The Kier molecular flexibility index (Phi) is 6.08. The van der Waals surface area contributed by atoms with Gasteiger partial charge in [-0.15, -0.1) is 0 Å². The highest BCUT2D eigenvalue weighted by atomic mass is 35.5. The molecule has 1 N–H and O–H groups in total. The molecular formula is C19H20ClN3O2S. The second-order valence-corrected chi connectivity index (χ2v) is 8.17. The van der Waals surface area contributed by atoms with Crippen LogP contribution in [0.2, 0.25) is 5.02 Å². The molecule has 0 saturated heterocycles. The van der Waals surface area contributed by atoms with Crippen molar-refractivity contribution in [3.8, 4) is 0 Å². The maximum absolute atomic E-state index is 12.2. The first-order valence-corrected chi connectivity index (χ1v) is 10.2. The van der Waals surface area contributed by atoms with Crippen molar-refractivity contribution in [2.45, 2.75) is 24.3 Å². The predicted molar refractivity (Wildman–Crippen MR) is 103 cm³/mol. The van der Waals surface area contributed by atoms with Gasteiger partial charge in [-0.1, -0.05) is 35.9 Å². The van der Waals surface area contributed by atoms with Gasteiger partial charge >= 0.3 is 0 Å². The summed E-state index contributed by atoms with van der Waals surface area (Å²) < 4.78 is 29.1. The lowest BCUT2D eigenvalue weighted by Gasteiger charge is -2.08. The molecule has 0 atom stereocenters. The maximum atomic E-state index is 12.2. The van der Waals surface area contributed by atoms with Gasteiger partial charge in [0.2, 0.25) is 10.0 Å². The van der Waals surface area contributed by atoms with Crippen LogP contribution in [-0.4, -0.2) is 24.5 Å². The van der Waals surface area contributed by atoms with Crippen LogP contribution >= 0.6 is 11.6 Å². The molecule has 0 unspecified atom stereocenters.